The van der Waals surface area contributed by atoms with Crippen LogP contribution in [0.15, 0.2) is 54.1 Å². The number of carbonyl (C=O) groups excluding carboxylic acids is 2. The largest absolute Gasteiger partial charge is 0.443 e. The van der Waals surface area contributed by atoms with E-state index in [1.165, 1.54) is 17.0 Å². The number of aryl methyl sites for hydroxylation is 1. The van der Waals surface area contributed by atoms with Crippen molar-refractivity contribution in [3.8, 4) is 0 Å². The van der Waals surface area contributed by atoms with E-state index in [9.17, 15) is 18.2 Å². The van der Waals surface area contributed by atoms with Crippen molar-refractivity contribution >= 4 is 56.0 Å². The lowest BCUT2D eigenvalue weighted by atomic mass is 10.0. The summed E-state index contributed by atoms with van der Waals surface area (Å²) in [6.07, 6.45) is 4.19. The Morgan fingerprint density at radius 3 is 2.62 bits per heavy atom. The number of nitrogens with zero attached hydrogens (tertiary/aromatic N) is 6. The second kappa shape index (κ2) is 10.8. The Hall–Kier alpha value is -4.39. The second-order valence-electron chi connectivity index (χ2n) is 11.3. The second-order valence-corrected chi connectivity index (χ2v) is 12.6. The summed E-state index contributed by atoms with van der Waals surface area (Å²) < 4.78 is 34.0. The minimum Gasteiger partial charge on any atom is -0.443 e. The van der Waals surface area contributed by atoms with Crippen LogP contribution < -0.4 is 10.2 Å². The fraction of sp³-hybridized carbons (Fsp3) is 0.345. The molecule has 1 aliphatic rings. The van der Waals surface area contributed by atoms with Gasteiger partial charge in [-0.1, -0.05) is 6.58 Å². The van der Waals surface area contributed by atoms with Crippen molar-refractivity contribution < 1.29 is 22.9 Å². The molecule has 2 aromatic carbocycles. The van der Waals surface area contributed by atoms with Crippen LogP contribution in [0.3, 0.4) is 0 Å². The monoisotopic (exact) mass is 593 g/mol. The van der Waals surface area contributed by atoms with Gasteiger partial charge in [-0.05, 0) is 52.0 Å². The van der Waals surface area contributed by atoms with E-state index in [-0.39, 0.29) is 28.0 Å². The SMILES string of the molecule is C=C1CN(c2ccc(C(=O)Nc3cc(F)c4nn(C)cc4c3)c3nc(S(C)=O)ncc23)CC(C)N1C(=O)OC(C)(C)C. The molecule has 1 aliphatic heterocycles. The molecule has 1 N–H and O–H groups in total. The van der Waals surface area contributed by atoms with Gasteiger partial charge in [-0.25, -0.2) is 19.2 Å². The number of rotatable bonds is 4. The number of hydrogen-bond donors (Lipinski definition) is 1. The smallest absolute Gasteiger partial charge is 0.414 e. The Labute approximate surface area is 244 Å². The van der Waals surface area contributed by atoms with Crippen LogP contribution in [0.25, 0.3) is 21.8 Å². The highest BCUT2D eigenvalue weighted by Crippen LogP contribution is 2.33. The third kappa shape index (κ3) is 5.69. The first kappa shape index (κ1) is 29.1. The van der Waals surface area contributed by atoms with E-state index in [4.69, 9.17) is 4.74 Å². The maximum absolute atomic E-state index is 14.7. The Bertz CT molecular complexity index is 1780. The number of fused-ring (bicyclic) bond motifs is 2. The standard InChI is InChI=1S/C29H32FN7O4S/c1-16-13-36(14-17(2)37(16)28(39)41-29(3,4)5)23-9-8-20(25-21(23)12-31-27(33-25)42(7)40)26(38)32-19-10-18-15-35(6)34-24(18)22(30)11-19/h8-12,15,17H,1,13-14H2,2-7H3,(H,32,38). The van der Waals surface area contributed by atoms with Crippen molar-refractivity contribution in [2.75, 3.05) is 29.6 Å². The van der Waals surface area contributed by atoms with Crippen LogP contribution in [0, 0.1) is 5.82 Å². The molecule has 3 heterocycles. The summed E-state index contributed by atoms with van der Waals surface area (Å²) in [6.45, 7) is 12.2. The number of aromatic nitrogens is 4. The lowest BCUT2D eigenvalue weighted by molar-refractivity contribution is 0.0238. The zero-order valence-electron chi connectivity index (χ0n) is 24.3. The molecule has 0 radical (unpaired) electrons. The van der Waals surface area contributed by atoms with Crippen LogP contribution in [-0.4, -0.2) is 71.8 Å². The summed E-state index contributed by atoms with van der Waals surface area (Å²) in [5.41, 5.74) is 1.58. The number of piperazine rings is 1. The number of carbonyl (C=O) groups is 2. The third-order valence-corrected chi connectivity index (χ3v) is 7.42. The molecule has 5 rings (SSSR count). The summed E-state index contributed by atoms with van der Waals surface area (Å²) in [7, 11) is 0.187. The van der Waals surface area contributed by atoms with Crippen LogP contribution in [0.1, 0.15) is 38.1 Å². The number of anilines is 2. The highest BCUT2D eigenvalue weighted by atomic mass is 32.2. The summed E-state index contributed by atoms with van der Waals surface area (Å²) in [6, 6.07) is 5.98. The first-order chi connectivity index (χ1) is 19.7. The van der Waals surface area contributed by atoms with Crippen LogP contribution in [0.2, 0.25) is 0 Å². The molecule has 11 nitrogen and oxygen atoms in total. The number of ether oxygens (including phenoxy) is 1. The molecule has 2 atom stereocenters. The number of amides is 2. The number of nitrogens with one attached hydrogen (secondary N) is 1. The molecular weight excluding hydrogens is 561 g/mol. The van der Waals surface area contributed by atoms with Gasteiger partial charge in [0.15, 0.2) is 5.82 Å². The summed E-state index contributed by atoms with van der Waals surface area (Å²) >= 11 is 0. The number of hydrogen-bond acceptors (Lipinski definition) is 8. The molecule has 0 aliphatic carbocycles. The van der Waals surface area contributed by atoms with Crippen molar-refractivity contribution in [3.05, 3.63) is 60.3 Å². The molecule has 1 saturated heterocycles. The minimum atomic E-state index is -1.50. The van der Waals surface area contributed by atoms with Crippen LogP contribution in [0.4, 0.5) is 20.6 Å². The number of benzene rings is 2. The van der Waals surface area contributed by atoms with Crippen LogP contribution in [-0.2, 0) is 22.6 Å². The molecule has 13 heteroatoms. The van der Waals surface area contributed by atoms with E-state index in [1.807, 2.05) is 32.6 Å². The molecule has 42 heavy (non-hydrogen) atoms. The Morgan fingerprint density at radius 2 is 1.95 bits per heavy atom. The third-order valence-electron chi connectivity index (χ3n) is 6.71. The quantitative estimate of drug-likeness (QED) is 0.341. The van der Waals surface area contributed by atoms with Gasteiger partial charge in [-0.15, -0.1) is 0 Å². The fourth-order valence-corrected chi connectivity index (χ4v) is 5.47. The minimum absolute atomic E-state index is 0.0732. The lowest BCUT2D eigenvalue weighted by Crippen LogP contribution is -2.53. The predicted molar refractivity (Wildman–Crippen MR) is 159 cm³/mol. The zero-order valence-corrected chi connectivity index (χ0v) is 25.1. The van der Waals surface area contributed by atoms with Gasteiger partial charge < -0.3 is 15.0 Å². The van der Waals surface area contributed by atoms with E-state index >= 15 is 0 Å². The summed E-state index contributed by atoms with van der Waals surface area (Å²) in [4.78, 5) is 38.7. The van der Waals surface area contributed by atoms with Crippen LogP contribution in [0.5, 0.6) is 0 Å². The first-order valence-electron chi connectivity index (χ1n) is 13.2. The average molecular weight is 594 g/mol. The summed E-state index contributed by atoms with van der Waals surface area (Å²) in [5, 5.41) is 8.02. The molecule has 2 amide bonds. The molecular formula is C29H32FN7O4S. The fourth-order valence-electron chi connectivity index (χ4n) is 5.05. The lowest BCUT2D eigenvalue weighted by Gasteiger charge is -2.42. The maximum Gasteiger partial charge on any atom is 0.414 e. The van der Waals surface area contributed by atoms with Crippen molar-refractivity contribution in [2.24, 2.45) is 7.05 Å². The van der Waals surface area contributed by atoms with E-state index in [0.29, 0.717) is 35.1 Å². The predicted octanol–water partition coefficient (Wildman–Crippen LogP) is 4.60. The van der Waals surface area contributed by atoms with Gasteiger partial charge >= 0.3 is 6.09 Å². The molecule has 0 saturated carbocycles. The van der Waals surface area contributed by atoms with Crippen molar-refractivity contribution in [1.82, 2.24) is 24.6 Å². The van der Waals surface area contributed by atoms with Gasteiger partial charge in [0, 0.05) is 60.1 Å². The van der Waals surface area contributed by atoms with Gasteiger partial charge in [0.2, 0.25) is 5.16 Å². The molecule has 220 valence electrons. The molecule has 2 unspecified atom stereocenters. The summed E-state index contributed by atoms with van der Waals surface area (Å²) in [5.74, 6) is -1.08. The van der Waals surface area contributed by atoms with Gasteiger partial charge in [0.25, 0.3) is 5.91 Å². The van der Waals surface area contributed by atoms with E-state index in [0.717, 1.165) is 5.69 Å². The molecule has 4 aromatic rings. The number of halogens is 1. The van der Waals surface area contributed by atoms with Crippen molar-refractivity contribution in [1.29, 1.82) is 0 Å². The first-order valence-corrected chi connectivity index (χ1v) is 14.8. The van der Waals surface area contributed by atoms with Gasteiger partial charge in [0.1, 0.15) is 11.1 Å². The Balaban J connectivity index is 1.49. The Kier molecular flexibility index (Phi) is 7.48. The highest BCUT2D eigenvalue weighted by molar-refractivity contribution is 7.84. The average Bonchev–Trinajstić information content (AvgIpc) is 3.26. The molecule has 1 fully saturated rings. The van der Waals surface area contributed by atoms with Crippen molar-refractivity contribution in [3.63, 3.8) is 0 Å². The topological polar surface area (TPSA) is 123 Å². The van der Waals surface area contributed by atoms with E-state index in [1.54, 1.807) is 42.5 Å². The van der Waals surface area contributed by atoms with Crippen molar-refractivity contribution in [2.45, 2.75) is 44.5 Å². The molecule has 0 spiro atoms. The zero-order chi connectivity index (χ0) is 30.5. The molecule has 0 bridgehead atoms. The van der Waals surface area contributed by atoms with Crippen LogP contribution >= 0.6 is 0 Å². The van der Waals surface area contributed by atoms with Gasteiger partial charge in [-0.2, -0.15) is 5.10 Å². The Morgan fingerprint density at radius 1 is 1.21 bits per heavy atom. The highest BCUT2D eigenvalue weighted by Gasteiger charge is 2.34. The van der Waals surface area contributed by atoms with E-state index in [2.05, 4.69) is 27.0 Å². The van der Waals surface area contributed by atoms with Gasteiger partial charge in [0.05, 0.1) is 34.5 Å². The van der Waals surface area contributed by atoms with E-state index < -0.39 is 34.2 Å². The molecule has 2 aromatic heterocycles. The maximum atomic E-state index is 14.7. The van der Waals surface area contributed by atoms with Gasteiger partial charge in [-0.3, -0.25) is 18.6 Å². The normalized spacial score (nSPS) is 16.6.